The van der Waals surface area contributed by atoms with Gasteiger partial charge in [-0.2, -0.15) is 0 Å². The van der Waals surface area contributed by atoms with Crippen LogP contribution in [0, 0.1) is 0 Å². The Kier molecular flexibility index (Phi) is 6.16. The fourth-order valence-electron chi connectivity index (χ4n) is 2.21. The van der Waals surface area contributed by atoms with Gasteiger partial charge >= 0.3 is 5.97 Å². The highest BCUT2D eigenvalue weighted by Gasteiger charge is 2.29. The molecular formula is C19H19Cl2NO4. The highest BCUT2D eigenvalue weighted by Crippen LogP contribution is 2.23. The predicted octanol–water partition coefficient (Wildman–Crippen LogP) is 4.73. The third-order valence-electron chi connectivity index (χ3n) is 3.74. The van der Waals surface area contributed by atoms with Gasteiger partial charge in [-0.05, 0) is 56.7 Å². The zero-order valence-corrected chi connectivity index (χ0v) is 16.1. The minimum atomic E-state index is -1.33. The first-order valence-electron chi connectivity index (χ1n) is 7.88. The molecule has 138 valence electrons. The first-order valence-corrected chi connectivity index (χ1v) is 8.63. The lowest BCUT2D eigenvalue weighted by molar-refractivity contribution is -0.152. The zero-order chi connectivity index (χ0) is 19.5. The molecule has 0 radical (unpaired) electrons. The van der Waals surface area contributed by atoms with Gasteiger partial charge in [-0.25, -0.2) is 4.79 Å². The van der Waals surface area contributed by atoms with E-state index >= 15 is 0 Å². The molecule has 0 heterocycles. The molecule has 0 saturated carbocycles. The topological polar surface area (TPSA) is 75.6 Å². The lowest BCUT2D eigenvalue weighted by Crippen LogP contribution is -2.37. The Hall–Kier alpha value is -2.24. The first-order chi connectivity index (χ1) is 12.1. The molecule has 5 nitrogen and oxygen atoms in total. The van der Waals surface area contributed by atoms with Crippen LogP contribution in [0.4, 0.5) is 0 Å². The zero-order valence-electron chi connectivity index (χ0n) is 14.5. The van der Waals surface area contributed by atoms with Crippen LogP contribution in [0.25, 0.3) is 0 Å². The summed E-state index contributed by atoms with van der Waals surface area (Å²) in [7, 11) is 0. The molecule has 0 saturated heterocycles. The van der Waals surface area contributed by atoms with E-state index in [1.54, 1.807) is 42.5 Å². The van der Waals surface area contributed by atoms with Crippen molar-refractivity contribution in [2.45, 2.75) is 32.4 Å². The van der Waals surface area contributed by atoms with Crippen LogP contribution in [0.3, 0.4) is 0 Å². The van der Waals surface area contributed by atoms with Crippen molar-refractivity contribution in [3.8, 4) is 5.75 Å². The molecule has 0 aromatic heterocycles. The van der Waals surface area contributed by atoms with E-state index in [1.807, 2.05) is 6.92 Å². The Morgan fingerprint density at radius 3 is 2.12 bits per heavy atom. The number of aliphatic carboxylic acids is 1. The van der Waals surface area contributed by atoms with E-state index < -0.39 is 11.6 Å². The number of amides is 1. The number of hydrogen-bond donors (Lipinski definition) is 2. The summed E-state index contributed by atoms with van der Waals surface area (Å²) in [6.45, 7) is 4.78. The molecule has 0 aliphatic carbocycles. The molecule has 26 heavy (non-hydrogen) atoms. The SMILES string of the molecule is CC(NC(=O)c1cc(Cl)cc(Cl)c1)c1ccc(OC(C)(C)C(=O)O)cc1. The number of hydrogen-bond acceptors (Lipinski definition) is 3. The Labute approximate surface area is 161 Å². The second-order valence-electron chi connectivity index (χ2n) is 6.34. The Bertz CT molecular complexity index is 799. The first kappa shape index (κ1) is 20.1. The van der Waals surface area contributed by atoms with E-state index in [-0.39, 0.29) is 11.9 Å². The highest BCUT2D eigenvalue weighted by molar-refractivity contribution is 6.35. The van der Waals surface area contributed by atoms with Crippen molar-refractivity contribution in [2.24, 2.45) is 0 Å². The average Bonchev–Trinajstić information content (AvgIpc) is 2.54. The Morgan fingerprint density at radius 1 is 1.08 bits per heavy atom. The molecule has 0 aliphatic heterocycles. The van der Waals surface area contributed by atoms with Gasteiger partial charge < -0.3 is 15.2 Å². The molecule has 1 unspecified atom stereocenters. The maximum atomic E-state index is 12.3. The maximum Gasteiger partial charge on any atom is 0.347 e. The standard InChI is InChI=1S/C19H19Cl2NO4/c1-11(22-17(23)13-8-14(20)10-15(21)9-13)12-4-6-16(7-5-12)26-19(2,3)18(24)25/h4-11H,1-3H3,(H,22,23)(H,24,25). The number of carbonyl (C=O) groups is 2. The van der Waals surface area contributed by atoms with Crippen LogP contribution in [-0.4, -0.2) is 22.6 Å². The van der Waals surface area contributed by atoms with Gasteiger partial charge in [0.05, 0.1) is 6.04 Å². The molecule has 1 amide bonds. The van der Waals surface area contributed by atoms with Gasteiger partial charge in [0.15, 0.2) is 5.60 Å². The molecule has 0 spiro atoms. The monoisotopic (exact) mass is 395 g/mol. The van der Waals surface area contributed by atoms with Crippen LogP contribution in [0.2, 0.25) is 10.0 Å². The Balaban J connectivity index is 2.06. The minimum Gasteiger partial charge on any atom is -0.478 e. The maximum absolute atomic E-state index is 12.3. The largest absolute Gasteiger partial charge is 0.478 e. The van der Waals surface area contributed by atoms with Crippen LogP contribution in [-0.2, 0) is 4.79 Å². The number of carbonyl (C=O) groups excluding carboxylic acids is 1. The van der Waals surface area contributed by atoms with E-state index in [0.29, 0.717) is 21.4 Å². The Morgan fingerprint density at radius 2 is 1.62 bits per heavy atom. The number of ether oxygens (including phenoxy) is 1. The van der Waals surface area contributed by atoms with E-state index in [9.17, 15) is 9.59 Å². The number of carboxylic acids is 1. The second-order valence-corrected chi connectivity index (χ2v) is 7.21. The van der Waals surface area contributed by atoms with Crippen molar-refractivity contribution in [1.82, 2.24) is 5.32 Å². The molecule has 0 fully saturated rings. The fourth-order valence-corrected chi connectivity index (χ4v) is 2.74. The number of nitrogens with one attached hydrogen (secondary N) is 1. The molecule has 2 rings (SSSR count). The summed E-state index contributed by atoms with van der Waals surface area (Å²) in [5, 5.41) is 12.7. The fraction of sp³-hybridized carbons (Fsp3) is 0.263. The van der Waals surface area contributed by atoms with Gasteiger partial charge in [-0.15, -0.1) is 0 Å². The van der Waals surface area contributed by atoms with Crippen LogP contribution in [0.5, 0.6) is 5.75 Å². The van der Waals surface area contributed by atoms with Crippen molar-refractivity contribution in [3.05, 3.63) is 63.6 Å². The molecule has 0 aliphatic rings. The summed E-state index contributed by atoms with van der Waals surface area (Å²) in [4.78, 5) is 23.5. The molecule has 2 aromatic rings. The third-order valence-corrected chi connectivity index (χ3v) is 4.18. The van der Waals surface area contributed by atoms with Gasteiger partial charge in [0.1, 0.15) is 5.75 Å². The lowest BCUT2D eigenvalue weighted by atomic mass is 10.1. The quantitative estimate of drug-likeness (QED) is 0.741. The normalized spacial score (nSPS) is 12.3. The van der Waals surface area contributed by atoms with Gasteiger partial charge in [-0.1, -0.05) is 35.3 Å². The smallest absolute Gasteiger partial charge is 0.347 e. The minimum absolute atomic E-state index is 0.276. The van der Waals surface area contributed by atoms with Gasteiger partial charge in [0.2, 0.25) is 0 Å². The van der Waals surface area contributed by atoms with E-state index in [1.165, 1.54) is 13.8 Å². The van der Waals surface area contributed by atoms with Crippen molar-refractivity contribution < 1.29 is 19.4 Å². The number of halogens is 2. The molecule has 2 N–H and O–H groups in total. The summed E-state index contributed by atoms with van der Waals surface area (Å²) < 4.78 is 5.46. The average molecular weight is 396 g/mol. The third kappa shape index (κ3) is 5.13. The van der Waals surface area contributed by atoms with E-state index in [2.05, 4.69) is 5.32 Å². The van der Waals surface area contributed by atoms with E-state index in [0.717, 1.165) is 5.56 Å². The van der Waals surface area contributed by atoms with Crippen LogP contribution in [0.1, 0.15) is 42.7 Å². The van der Waals surface area contributed by atoms with Crippen molar-refractivity contribution >= 4 is 35.1 Å². The summed E-state index contributed by atoms with van der Waals surface area (Å²) in [5.41, 5.74) is -0.114. The van der Waals surface area contributed by atoms with Crippen LogP contribution >= 0.6 is 23.2 Å². The summed E-state index contributed by atoms with van der Waals surface area (Å²) in [6, 6.07) is 11.2. The summed E-state index contributed by atoms with van der Waals surface area (Å²) in [6.07, 6.45) is 0. The molecular weight excluding hydrogens is 377 g/mol. The van der Waals surface area contributed by atoms with Crippen molar-refractivity contribution in [2.75, 3.05) is 0 Å². The number of carboxylic acid groups (broad SMARTS) is 1. The van der Waals surface area contributed by atoms with Gasteiger partial charge in [-0.3, -0.25) is 4.79 Å². The molecule has 0 bridgehead atoms. The lowest BCUT2D eigenvalue weighted by Gasteiger charge is -2.22. The summed E-state index contributed by atoms with van der Waals surface area (Å²) in [5.74, 6) is -0.919. The van der Waals surface area contributed by atoms with Crippen molar-refractivity contribution in [3.63, 3.8) is 0 Å². The molecule has 1 atom stereocenters. The number of rotatable bonds is 6. The predicted molar refractivity (Wildman–Crippen MR) is 101 cm³/mol. The van der Waals surface area contributed by atoms with Crippen molar-refractivity contribution in [1.29, 1.82) is 0 Å². The molecule has 7 heteroatoms. The molecule has 2 aromatic carbocycles. The van der Waals surface area contributed by atoms with Crippen LogP contribution < -0.4 is 10.1 Å². The van der Waals surface area contributed by atoms with E-state index in [4.69, 9.17) is 33.0 Å². The number of benzene rings is 2. The van der Waals surface area contributed by atoms with Crippen LogP contribution in [0.15, 0.2) is 42.5 Å². The highest BCUT2D eigenvalue weighted by atomic mass is 35.5. The second kappa shape index (κ2) is 7.98. The van der Waals surface area contributed by atoms with Gasteiger partial charge in [0, 0.05) is 15.6 Å². The van der Waals surface area contributed by atoms with Gasteiger partial charge in [0.25, 0.3) is 5.91 Å². The summed E-state index contributed by atoms with van der Waals surface area (Å²) >= 11 is 11.8.